The highest BCUT2D eigenvalue weighted by molar-refractivity contribution is 9.10. The monoisotopic (exact) mass is 284 g/mol. The Morgan fingerprint density at radius 3 is 2.88 bits per heavy atom. The molecule has 1 saturated heterocycles. The van der Waals surface area contributed by atoms with Gasteiger partial charge < -0.3 is 15.7 Å². The molecule has 1 heterocycles. The SMILES string of the molecule is NC1CC(=O)N(c2cc(Br)ccc2CO)C1. The zero-order valence-corrected chi connectivity index (χ0v) is 10.3. The molecule has 1 aliphatic rings. The molecule has 3 N–H and O–H groups in total. The minimum Gasteiger partial charge on any atom is -0.392 e. The second-order valence-electron chi connectivity index (χ2n) is 3.90. The maximum Gasteiger partial charge on any atom is 0.228 e. The molecule has 1 aliphatic heterocycles. The lowest BCUT2D eigenvalue weighted by Crippen LogP contribution is -2.28. The van der Waals surface area contributed by atoms with Gasteiger partial charge in [0.05, 0.1) is 12.3 Å². The van der Waals surface area contributed by atoms with Crippen LogP contribution in [0.1, 0.15) is 12.0 Å². The Hall–Kier alpha value is -0.910. The van der Waals surface area contributed by atoms with Crippen molar-refractivity contribution in [2.45, 2.75) is 19.1 Å². The lowest BCUT2D eigenvalue weighted by atomic mass is 10.1. The van der Waals surface area contributed by atoms with Crippen LogP contribution in [0.4, 0.5) is 5.69 Å². The van der Waals surface area contributed by atoms with E-state index < -0.39 is 0 Å². The van der Waals surface area contributed by atoms with Crippen LogP contribution < -0.4 is 10.6 Å². The number of benzene rings is 1. The van der Waals surface area contributed by atoms with Crippen LogP contribution in [-0.4, -0.2) is 23.6 Å². The quantitative estimate of drug-likeness (QED) is 0.852. The van der Waals surface area contributed by atoms with Crippen LogP contribution in [0.25, 0.3) is 0 Å². The maximum atomic E-state index is 11.7. The second kappa shape index (κ2) is 4.53. The Morgan fingerprint density at radius 2 is 2.31 bits per heavy atom. The molecule has 4 nitrogen and oxygen atoms in total. The number of hydrogen-bond donors (Lipinski definition) is 2. The molecular weight excluding hydrogens is 272 g/mol. The normalized spacial score (nSPS) is 20.6. The molecule has 5 heteroatoms. The fourth-order valence-electron chi connectivity index (χ4n) is 1.89. The zero-order valence-electron chi connectivity index (χ0n) is 8.69. The van der Waals surface area contributed by atoms with Crippen LogP contribution in [0.2, 0.25) is 0 Å². The van der Waals surface area contributed by atoms with E-state index in [4.69, 9.17) is 5.73 Å². The Kier molecular flexibility index (Phi) is 3.28. The summed E-state index contributed by atoms with van der Waals surface area (Å²) in [6.07, 6.45) is 0.372. The van der Waals surface area contributed by atoms with Crippen LogP contribution in [0.5, 0.6) is 0 Å². The second-order valence-corrected chi connectivity index (χ2v) is 4.82. The molecule has 0 aliphatic carbocycles. The van der Waals surface area contributed by atoms with Crippen molar-refractivity contribution in [2.75, 3.05) is 11.4 Å². The van der Waals surface area contributed by atoms with Crippen LogP contribution in [0, 0.1) is 0 Å². The van der Waals surface area contributed by atoms with Gasteiger partial charge in [-0.3, -0.25) is 4.79 Å². The summed E-state index contributed by atoms with van der Waals surface area (Å²) < 4.78 is 0.882. The fraction of sp³-hybridized carbons (Fsp3) is 0.364. The number of aliphatic hydroxyl groups excluding tert-OH is 1. The largest absolute Gasteiger partial charge is 0.392 e. The molecule has 1 amide bonds. The molecule has 16 heavy (non-hydrogen) atoms. The molecule has 1 aromatic carbocycles. The summed E-state index contributed by atoms with van der Waals surface area (Å²) in [5, 5.41) is 9.24. The van der Waals surface area contributed by atoms with Gasteiger partial charge in [-0.25, -0.2) is 0 Å². The van der Waals surface area contributed by atoms with Crippen molar-refractivity contribution < 1.29 is 9.90 Å². The van der Waals surface area contributed by atoms with Crippen molar-refractivity contribution in [2.24, 2.45) is 5.73 Å². The van der Waals surface area contributed by atoms with Gasteiger partial charge in [0, 0.05) is 29.0 Å². The van der Waals surface area contributed by atoms with Gasteiger partial charge in [-0.2, -0.15) is 0 Å². The number of carbonyl (C=O) groups is 1. The van der Waals surface area contributed by atoms with E-state index in [0.29, 0.717) is 13.0 Å². The highest BCUT2D eigenvalue weighted by atomic mass is 79.9. The number of nitrogens with two attached hydrogens (primary N) is 1. The predicted molar refractivity (Wildman–Crippen MR) is 65.0 cm³/mol. The number of carbonyl (C=O) groups excluding carboxylic acids is 1. The maximum absolute atomic E-state index is 11.7. The van der Waals surface area contributed by atoms with Crippen molar-refractivity contribution >= 4 is 27.5 Å². The highest BCUT2D eigenvalue weighted by Gasteiger charge is 2.29. The first-order valence-electron chi connectivity index (χ1n) is 5.07. The number of hydrogen-bond acceptors (Lipinski definition) is 3. The van der Waals surface area contributed by atoms with Crippen LogP contribution in [0.15, 0.2) is 22.7 Å². The molecule has 86 valence electrons. The Labute approximate surface area is 102 Å². The first kappa shape index (κ1) is 11.6. The van der Waals surface area contributed by atoms with Gasteiger partial charge in [0.1, 0.15) is 0 Å². The number of amides is 1. The molecule has 1 atom stereocenters. The van der Waals surface area contributed by atoms with E-state index in [9.17, 15) is 9.90 Å². The Bertz CT molecular complexity index is 422. The molecule has 0 aromatic heterocycles. The van der Waals surface area contributed by atoms with E-state index in [1.807, 2.05) is 12.1 Å². The third-order valence-electron chi connectivity index (χ3n) is 2.66. The minimum absolute atomic E-state index is 0.0142. The van der Waals surface area contributed by atoms with Gasteiger partial charge in [-0.1, -0.05) is 22.0 Å². The molecular formula is C11H13BrN2O2. The van der Waals surface area contributed by atoms with Gasteiger partial charge in [0.25, 0.3) is 0 Å². The van der Waals surface area contributed by atoms with E-state index in [1.165, 1.54) is 0 Å². The summed E-state index contributed by atoms with van der Waals surface area (Å²) >= 11 is 3.36. The molecule has 1 aromatic rings. The molecule has 0 radical (unpaired) electrons. The van der Waals surface area contributed by atoms with Crippen LogP contribution in [0.3, 0.4) is 0 Å². The summed E-state index contributed by atoms with van der Waals surface area (Å²) in [7, 11) is 0. The predicted octanol–water partition coefficient (Wildman–Crippen LogP) is 1.01. The van der Waals surface area contributed by atoms with Crippen molar-refractivity contribution in [1.29, 1.82) is 0 Å². The van der Waals surface area contributed by atoms with Crippen molar-refractivity contribution in [3.63, 3.8) is 0 Å². The molecule has 0 saturated carbocycles. The number of halogens is 1. The van der Waals surface area contributed by atoms with Gasteiger partial charge in [0.2, 0.25) is 5.91 Å². The van der Waals surface area contributed by atoms with Crippen molar-refractivity contribution in [1.82, 2.24) is 0 Å². The average molecular weight is 285 g/mol. The summed E-state index contributed by atoms with van der Waals surface area (Å²) in [6, 6.07) is 5.37. The fourth-order valence-corrected chi connectivity index (χ4v) is 2.24. The highest BCUT2D eigenvalue weighted by Crippen LogP contribution is 2.28. The molecule has 1 fully saturated rings. The molecule has 0 spiro atoms. The zero-order chi connectivity index (χ0) is 11.7. The summed E-state index contributed by atoms with van der Waals surface area (Å²) in [6.45, 7) is 0.434. The van der Waals surface area contributed by atoms with Crippen LogP contribution in [-0.2, 0) is 11.4 Å². The lowest BCUT2D eigenvalue weighted by molar-refractivity contribution is -0.117. The van der Waals surface area contributed by atoms with Gasteiger partial charge in [-0.15, -0.1) is 0 Å². The lowest BCUT2D eigenvalue weighted by Gasteiger charge is -2.19. The Balaban J connectivity index is 2.39. The topological polar surface area (TPSA) is 66.6 Å². The van der Waals surface area contributed by atoms with E-state index in [0.717, 1.165) is 15.7 Å². The van der Waals surface area contributed by atoms with E-state index >= 15 is 0 Å². The molecule has 1 unspecified atom stereocenters. The number of nitrogens with zero attached hydrogens (tertiary/aromatic N) is 1. The van der Waals surface area contributed by atoms with E-state index in [2.05, 4.69) is 15.9 Å². The summed E-state index contributed by atoms with van der Waals surface area (Å²) in [5.41, 5.74) is 7.23. The van der Waals surface area contributed by atoms with Crippen molar-refractivity contribution in [3.05, 3.63) is 28.2 Å². The number of anilines is 1. The van der Waals surface area contributed by atoms with Gasteiger partial charge in [-0.05, 0) is 12.1 Å². The third kappa shape index (κ3) is 2.11. The van der Waals surface area contributed by atoms with E-state index in [1.54, 1.807) is 11.0 Å². The minimum atomic E-state index is -0.113. The molecule has 2 rings (SSSR count). The number of rotatable bonds is 2. The Morgan fingerprint density at radius 1 is 1.56 bits per heavy atom. The first-order chi connectivity index (χ1) is 7.61. The van der Waals surface area contributed by atoms with E-state index in [-0.39, 0.29) is 18.6 Å². The third-order valence-corrected chi connectivity index (χ3v) is 3.16. The summed E-state index contributed by atoms with van der Waals surface area (Å²) in [4.78, 5) is 13.4. The van der Waals surface area contributed by atoms with Crippen LogP contribution >= 0.6 is 15.9 Å². The van der Waals surface area contributed by atoms with Gasteiger partial charge >= 0.3 is 0 Å². The smallest absolute Gasteiger partial charge is 0.228 e. The van der Waals surface area contributed by atoms with Gasteiger partial charge in [0.15, 0.2) is 0 Å². The summed E-state index contributed by atoms with van der Waals surface area (Å²) in [5.74, 6) is 0.0142. The average Bonchev–Trinajstić information content (AvgIpc) is 2.57. The van der Waals surface area contributed by atoms with Crippen molar-refractivity contribution in [3.8, 4) is 0 Å². The number of aliphatic hydroxyl groups is 1. The molecule has 0 bridgehead atoms. The standard InChI is InChI=1S/C11H13BrN2O2/c12-8-2-1-7(6-15)10(3-8)14-5-9(13)4-11(14)16/h1-3,9,15H,4-6,13H2. The first-order valence-corrected chi connectivity index (χ1v) is 5.86.